The molecule has 1 atom stereocenters. The zero-order valence-electron chi connectivity index (χ0n) is 10.2. The lowest BCUT2D eigenvalue weighted by Gasteiger charge is -2.28. The van der Waals surface area contributed by atoms with Gasteiger partial charge in [-0.3, -0.25) is 14.5 Å². The van der Waals surface area contributed by atoms with Crippen molar-refractivity contribution in [1.29, 1.82) is 0 Å². The van der Waals surface area contributed by atoms with E-state index in [9.17, 15) is 9.59 Å². The minimum atomic E-state index is -0.487. The van der Waals surface area contributed by atoms with Gasteiger partial charge in [-0.1, -0.05) is 0 Å². The number of likely N-dealkylation sites (tertiary alicyclic amines) is 1. The average molecular weight is 329 g/mol. The van der Waals surface area contributed by atoms with Gasteiger partial charge in [-0.2, -0.15) is 0 Å². The lowest BCUT2D eigenvalue weighted by atomic mass is 10.0. The van der Waals surface area contributed by atoms with Gasteiger partial charge < -0.3 is 10.7 Å². The van der Waals surface area contributed by atoms with E-state index >= 15 is 0 Å². The number of amides is 2. The molecule has 0 spiro atoms. The second-order valence-corrected chi connectivity index (χ2v) is 4.85. The van der Waals surface area contributed by atoms with Gasteiger partial charge in [0.25, 0.3) is 5.91 Å². The number of halogens is 1. The fourth-order valence-electron chi connectivity index (χ4n) is 1.79. The molecule has 1 saturated heterocycles. The van der Waals surface area contributed by atoms with Crippen LogP contribution in [-0.4, -0.2) is 39.8 Å². The van der Waals surface area contributed by atoms with Crippen LogP contribution in [0.15, 0.2) is 10.8 Å². The second-order valence-electron chi connectivity index (χ2n) is 4.06. The zero-order chi connectivity index (χ0) is 14.0. The predicted molar refractivity (Wildman–Crippen MR) is 72.0 cm³/mol. The van der Waals surface area contributed by atoms with Crippen LogP contribution in [-0.2, 0) is 9.59 Å². The van der Waals surface area contributed by atoms with E-state index in [1.165, 1.54) is 13.4 Å². The van der Waals surface area contributed by atoms with Gasteiger partial charge in [0.15, 0.2) is 5.82 Å². The first-order valence-corrected chi connectivity index (χ1v) is 6.38. The standard InChI is InChI=1S/C10H13BrN6O2/c1-17-6(18)3-2-5(10(17)19)15-8-7(11)9(16-12)14-4-13-8/h4-5H,2-3,12H2,1H3,(H2,13,14,15,16). The molecule has 102 valence electrons. The van der Waals surface area contributed by atoms with Crippen molar-refractivity contribution in [3.8, 4) is 0 Å². The van der Waals surface area contributed by atoms with Crippen molar-refractivity contribution in [3.63, 3.8) is 0 Å². The molecule has 4 N–H and O–H groups in total. The maximum Gasteiger partial charge on any atom is 0.251 e. The van der Waals surface area contributed by atoms with Gasteiger partial charge >= 0.3 is 0 Å². The molecule has 2 heterocycles. The predicted octanol–water partition coefficient (Wildman–Crippen LogP) is 0.0840. The van der Waals surface area contributed by atoms with E-state index in [4.69, 9.17) is 5.84 Å². The molecule has 2 amide bonds. The quantitative estimate of drug-likeness (QED) is 0.409. The number of carbonyl (C=O) groups excluding carboxylic acids is 2. The number of nitrogens with one attached hydrogen (secondary N) is 2. The van der Waals surface area contributed by atoms with Crippen molar-refractivity contribution in [2.24, 2.45) is 5.84 Å². The summed E-state index contributed by atoms with van der Waals surface area (Å²) >= 11 is 3.29. The summed E-state index contributed by atoms with van der Waals surface area (Å²) in [7, 11) is 1.47. The van der Waals surface area contributed by atoms with Crippen molar-refractivity contribution in [2.75, 3.05) is 17.8 Å². The largest absolute Gasteiger partial charge is 0.357 e. The third-order valence-corrected chi connectivity index (χ3v) is 3.64. The Bertz CT molecular complexity index is 523. The first-order valence-electron chi connectivity index (χ1n) is 5.58. The Balaban J connectivity index is 2.18. The summed E-state index contributed by atoms with van der Waals surface area (Å²) in [4.78, 5) is 32.4. The SMILES string of the molecule is CN1C(=O)CCC(Nc2ncnc(NN)c2Br)C1=O. The normalized spacial score (nSPS) is 19.5. The molecule has 2 rings (SSSR count). The summed E-state index contributed by atoms with van der Waals surface area (Å²) in [5.41, 5.74) is 2.41. The fourth-order valence-corrected chi connectivity index (χ4v) is 2.22. The molecule has 0 saturated carbocycles. The number of nitrogen functional groups attached to an aromatic ring is 1. The summed E-state index contributed by atoms with van der Waals surface area (Å²) in [5.74, 6) is 5.71. The van der Waals surface area contributed by atoms with Crippen LogP contribution in [0.5, 0.6) is 0 Å². The van der Waals surface area contributed by atoms with Crippen LogP contribution in [0.4, 0.5) is 11.6 Å². The molecule has 8 nitrogen and oxygen atoms in total. The Morgan fingerprint density at radius 3 is 2.79 bits per heavy atom. The van der Waals surface area contributed by atoms with Crippen molar-refractivity contribution >= 4 is 39.4 Å². The van der Waals surface area contributed by atoms with Gasteiger partial charge in [0.1, 0.15) is 22.7 Å². The number of likely N-dealkylation sites (N-methyl/N-ethyl adjacent to an activating group) is 1. The van der Waals surface area contributed by atoms with Crippen LogP contribution in [0.3, 0.4) is 0 Å². The van der Waals surface area contributed by atoms with Crippen LogP contribution in [0.25, 0.3) is 0 Å². The molecule has 0 aromatic carbocycles. The third kappa shape index (κ3) is 2.66. The van der Waals surface area contributed by atoms with Gasteiger partial charge in [0.05, 0.1) is 0 Å². The fraction of sp³-hybridized carbons (Fsp3) is 0.400. The van der Waals surface area contributed by atoms with Crippen molar-refractivity contribution < 1.29 is 9.59 Å². The number of imide groups is 1. The molecule has 1 aliphatic rings. The number of carbonyl (C=O) groups is 2. The lowest BCUT2D eigenvalue weighted by Crippen LogP contribution is -2.48. The molecule has 1 aliphatic heterocycles. The number of nitrogens with zero attached hydrogens (tertiary/aromatic N) is 3. The van der Waals surface area contributed by atoms with E-state index in [-0.39, 0.29) is 11.8 Å². The zero-order valence-corrected chi connectivity index (χ0v) is 11.8. The number of nitrogens with two attached hydrogens (primary N) is 1. The maximum atomic E-state index is 11.9. The Morgan fingerprint density at radius 1 is 1.42 bits per heavy atom. The molecule has 0 radical (unpaired) electrons. The highest BCUT2D eigenvalue weighted by molar-refractivity contribution is 9.10. The molecule has 0 aliphatic carbocycles. The number of piperidine rings is 1. The summed E-state index contributed by atoms with van der Waals surface area (Å²) < 4.78 is 0.532. The molecule has 1 aromatic heterocycles. The van der Waals surface area contributed by atoms with E-state index in [0.717, 1.165) is 4.90 Å². The molecular formula is C10H13BrN6O2. The summed E-state index contributed by atoms with van der Waals surface area (Å²) in [6.45, 7) is 0. The number of hydrogen-bond donors (Lipinski definition) is 3. The number of aromatic nitrogens is 2. The number of rotatable bonds is 3. The minimum absolute atomic E-state index is 0.172. The van der Waals surface area contributed by atoms with Gasteiger partial charge in [0, 0.05) is 13.5 Å². The van der Waals surface area contributed by atoms with E-state index < -0.39 is 6.04 Å². The Labute approximate surface area is 117 Å². The van der Waals surface area contributed by atoms with Crippen LogP contribution in [0.2, 0.25) is 0 Å². The Morgan fingerprint density at radius 2 is 2.11 bits per heavy atom. The molecule has 1 unspecified atom stereocenters. The van der Waals surface area contributed by atoms with Crippen LogP contribution < -0.4 is 16.6 Å². The van der Waals surface area contributed by atoms with E-state index in [0.29, 0.717) is 29.0 Å². The molecule has 19 heavy (non-hydrogen) atoms. The van der Waals surface area contributed by atoms with Crippen LogP contribution in [0, 0.1) is 0 Å². The van der Waals surface area contributed by atoms with Gasteiger partial charge in [-0.25, -0.2) is 15.8 Å². The number of hydrogen-bond acceptors (Lipinski definition) is 7. The highest BCUT2D eigenvalue weighted by Crippen LogP contribution is 2.27. The molecule has 1 fully saturated rings. The molecule has 0 bridgehead atoms. The van der Waals surface area contributed by atoms with Crippen LogP contribution >= 0.6 is 15.9 Å². The smallest absolute Gasteiger partial charge is 0.251 e. The topological polar surface area (TPSA) is 113 Å². The Kier molecular flexibility index (Phi) is 3.96. The van der Waals surface area contributed by atoms with E-state index in [2.05, 4.69) is 36.6 Å². The lowest BCUT2D eigenvalue weighted by molar-refractivity contribution is -0.146. The first-order chi connectivity index (χ1) is 9.04. The molecule has 1 aromatic rings. The minimum Gasteiger partial charge on any atom is -0.357 e. The van der Waals surface area contributed by atoms with E-state index in [1.807, 2.05) is 0 Å². The second kappa shape index (κ2) is 5.49. The Hall–Kier alpha value is -1.74. The number of anilines is 2. The van der Waals surface area contributed by atoms with Crippen LogP contribution in [0.1, 0.15) is 12.8 Å². The van der Waals surface area contributed by atoms with Crippen molar-refractivity contribution in [1.82, 2.24) is 14.9 Å². The van der Waals surface area contributed by atoms with Gasteiger partial charge in [0.2, 0.25) is 5.91 Å². The highest BCUT2D eigenvalue weighted by atomic mass is 79.9. The van der Waals surface area contributed by atoms with Crippen molar-refractivity contribution in [3.05, 3.63) is 10.8 Å². The van der Waals surface area contributed by atoms with E-state index in [1.54, 1.807) is 0 Å². The first kappa shape index (κ1) is 13.7. The summed E-state index contributed by atoms with van der Waals surface area (Å²) in [6.07, 6.45) is 2.08. The monoisotopic (exact) mass is 328 g/mol. The van der Waals surface area contributed by atoms with Gasteiger partial charge in [-0.05, 0) is 22.4 Å². The summed E-state index contributed by atoms with van der Waals surface area (Å²) in [6, 6.07) is -0.487. The third-order valence-electron chi connectivity index (χ3n) is 2.89. The van der Waals surface area contributed by atoms with Crippen molar-refractivity contribution in [2.45, 2.75) is 18.9 Å². The van der Waals surface area contributed by atoms with Gasteiger partial charge in [-0.15, -0.1) is 0 Å². The average Bonchev–Trinajstić information content (AvgIpc) is 2.41. The summed E-state index contributed by atoms with van der Waals surface area (Å²) in [5, 5.41) is 2.99. The highest BCUT2D eigenvalue weighted by Gasteiger charge is 2.32. The number of hydrazine groups is 1. The molecular weight excluding hydrogens is 316 g/mol. The molecule has 9 heteroatoms. The maximum absolute atomic E-state index is 11.9.